The number of rotatable bonds is 3. The topological polar surface area (TPSA) is 54.3 Å². The summed E-state index contributed by atoms with van der Waals surface area (Å²) in [4.78, 5) is 26.0. The highest BCUT2D eigenvalue weighted by Crippen LogP contribution is 2.39. The van der Waals surface area contributed by atoms with Gasteiger partial charge in [-0.1, -0.05) is 47.8 Å². The number of nitrogens with zero attached hydrogens (tertiary/aromatic N) is 2. The van der Waals surface area contributed by atoms with Gasteiger partial charge in [0.25, 0.3) is 5.56 Å². The van der Waals surface area contributed by atoms with E-state index >= 15 is 0 Å². The molecule has 0 saturated carbocycles. The second-order valence-corrected chi connectivity index (χ2v) is 8.89. The predicted molar refractivity (Wildman–Crippen MR) is 95.6 cm³/mol. The molecular formula is C16H20Cl3N3O2. The molecule has 0 radical (unpaired) electrons. The number of hydrogen-bond donors (Lipinski definition) is 1. The Morgan fingerprint density at radius 2 is 2.08 bits per heavy atom. The molecule has 1 aromatic heterocycles. The number of alkyl halides is 3. The molecule has 1 N–H and O–H groups in total. The van der Waals surface area contributed by atoms with Crippen molar-refractivity contribution in [2.24, 2.45) is 5.92 Å². The molecule has 0 aliphatic carbocycles. The zero-order chi connectivity index (χ0) is 17.5. The van der Waals surface area contributed by atoms with E-state index in [-0.39, 0.29) is 17.4 Å². The van der Waals surface area contributed by atoms with Gasteiger partial charge in [-0.2, -0.15) is 0 Å². The van der Waals surface area contributed by atoms with Gasteiger partial charge in [0.05, 0.1) is 0 Å². The van der Waals surface area contributed by atoms with Crippen molar-refractivity contribution in [2.75, 3.05) is 13.1 Å². The zero-order valence-electron chi connectivity index (χ0n) is 13.3. The van der Waals surface area contributed by atoms with Crippen LogP contribution in [0, 0.1) is 5.92 Å². The number of amides is 1. The van der Waals surface area contributed by atoms with E-state index in [0.29, 0.717) is 32.0 Å². The van der Waals surface area contributed by atoms with Crippen LogP contribution in [-0.2, 0) is 11.3 Å². The number of aromatic nitrogens is 1. The molecule has 132 valence electrons. The van der Waals surface area contributed by atoms with Crippen LogP contribution in [0.1, 0.15) is 31.4 Å². The summed E-state index contributed by atoms with van der Waals surface area (Å²) in [6, 6.07) is 5.37. The van der Waals surface area contributed by atoms with Crippen LogP contribution in [0.3, 0.4) is 0 Å². The summed E-state index contributed by atoms with van der Waals surface area (Å²) >= 11 is 18.4. The number of halogens is 3. The molecule has 0 spiro atoms. The molecule has 1 amide bonds. The summed E-state index contributed by atoms with van der Waals surface area (Å²) in [6.45, 7) is 3.75. The maximum atomic E-state index is 12.1. The highest BCUT2D eigenvalue weighted by molar-refractivity contribution is 6.68. The van der Waals surface area contributed by atoms with Gasteiger partial charge in [-0.05, 0) is 18.4 Å². The Labute approximate surface area is 155 Å². The van der Waals surface area contributed by atoms with Gasteiger partial charge in [-0.3, -0.25) is 14.5 Å². The van der Waals surface area contributed by atoms with Gasteiger partial charge in [0.15, 0.2) is 0 Å². The fraction of sp³-hybridized carbons (Fsp3) is 0.625. The first-order chi connectivity index (χ1) is 11.3. The fourth-order valence-corrected chi connectivity index (χ4v) is 4.36. The Morgan fingerprint density at radius 3 is 2.75 bits per heavy atom. The van der Waals surface area contributed by atoms with E-state index in [1.807, 2.05) is 15.5 Å². The summed E-state index contributed by atoms with van der Waals surface area (Å²) in [5, 5.41) is 2.82. The van der Waals surface area contributed by atoms with E-state index in [4.69, 9.17) is 34.8 Å². The molecule has 2 aliphatic rings. The van der Waals surface area contributed by atoms with Gasteiger partial charge in [0.1, 0.15) is 6.17 Å². The Kier molecular flexibility index (Phi) is 5.17. The lowest BCUT2D eigenvalue weighted by Gasteiger charge is -2.47. The number of carbonyl (C=O) groups excluding carboxylic acids is 1. The summed E-state index contributed by atoms with van der Waals surface area (Å²) in [5.41, 5.74) is 1.06. The summed E-state index contributed by atoms with van der Waals surface area (Å²) in [5.74, 6) is 0.336. The van der Waals surface area contributed by atoms with E-state index in [2.05, 4.69) is 5.32 Å². The first kappa shape index (κ1) is 18.1. The maximum absolute atomic E-state index is 12.1. The highest BCUT2D eigenvalue weighted by Gasteiger charge is 2.43. The van der Waals surface area contributed by atoms with E-state index in [9.17, 15) is 9.59 Å². The van der Waals surface area contributed by atoms with Crippen molar-refractivity contribution in [1.82, 2.24) is 14.8 Å². The third-order valence-corrected chi connectivity index (χ3v) is 5.42. The van der Waals surface area contributed by atoms with Crippen LogP contribution in [0.4, 0.5) is 0 Å². The van der Waals surface area contributed by atoms with Gasteiger partial charge in [-0.25, -0.2) is 0 Å². The predicted octanol–water partition coefficient (Wildman–Crippen LogP) is 2.49. The van der Waals surface area contributed by atoms with Crippen LogP contribution in [0.25, 0.3) is 0 Å². The number of nitrogens with one attached hydrogen (secondary N) is 1. The van der Waals surface area contributed by atoms with Gasteiger partial charge in [0, 0.05) is 43.7 Å². The molecule has 3 atom stereocenters. The fourth-order valence-electron chi connectivity index (χ4n) is 3.78. The Balaban J connectivity index is 1.87. The average Bonchev–Trinajstić information content (AvgIpc) is 2.52. The van der Waals surface area contributed by atoms with Crippen LogP contribution in [-0.4, -0.2) is 38.4 Å². The van der Waals surface area contributed by atoms with Crippen molar-refractivity contribution in [2.45, 2.75) is 42.2 Å². The van der Waals surface area contributed by atoms with Crippen molar-refractivity contribution in [3.05, 3.63) is 34.2 Å². The van der Waals surface area contributed by atoms with Gasteiger partial charge < -0.3 is 9.88 Å². The van der Waals surface area contributed by atoms with Crippen molar-refractivity contribution in [1.29, 1.82) is 0 Å². The monoisotopic (exact) mass is 391 g/mol. The molecule has 5 nitrogen and oxygen atoms in total. The third-order valence-electron chi connectivity index (χ3n) is 4.80. The standard InChI is InChI=1S/C16H20Cl3N3O2/c1-2-13(23)20-15(16(17,18)19)21-7-10-6-11(9-21)12-4-3-5-14(24)22(12)8-10/h3-5,10-11,15H,2,6-9H2,1H3,(H,20,23)/t10-,11-,15-/m0/s1. The molecule has 1 saturated heterocycles. The van der Waals surface area contributed by atoms with Crippen molar-refractivity contribution >= 4 is 40.7 Å². The van der Waals surface area contributed by atoms with Gasteiger partial charge in [-0.15, -0.1) is 0 Å². The molecule has 1 aromatic rings. The number of carbonyl (C=O) groups is 1. The van der Waals surface area contributed by atoms with E-state index < -0.39 is 9.96 Å². The molecule has 1 fully saturated rings. The molecular weight excluding hydrogens is 373 g/mol. The quantitative estimate of drug-likeness (QED) is 0.804. The van der Waals surface area contributed by atoms with E-state index in [0.717, 1.165) is 12.1 Å². The molecule has 2 bridgehead atoms. The van der Waals surface area contributed by atoms with E-state index in [1.54, 1.807) is 19.1 Å². The second kappa shape index (κ2) is 6.87. The normalized spacial score (nSPS) is 25.0. The highest BCUT2D eigenvalue weighted by atomic mass is 35.6. The van der Waals surface area contributed by atoms with Crippen LogP contribution in [0.15, 0.2) is 23.0 Å². The van der Waals surface area contributed by atoms with Gasteiger partial charge in [0.2, 0.25) is 9.70 Å². The van der Waals surface area contributed by atoms with Crippen LogP contribution >= 0.6 is 34.8 Å². The van der Waals surface area contributed by atoms with Crippen molar-refractivity contribution < 1.29 is 4.79 Å². The van der Waals surface area contributed by atoms with Crippen LogP contribution < -0.4 is 10.9 Å². The number of piperidine rings is 1. The molecule has 24 heavy (non-hydrogen) atoms. The SMILES string of the molecule is CCC(=O)N[C@@H](N1C[C@@H]2C[C@@H](C1)c1cccc(=O)n1C2)C(Cl)(Cl)Cl. The Bertz CT molecular complexity index is 686. The lowest BCUT2D eigenvalue weighted by atomic mass is 9.83. The minimum atomic E-state index is -1.62. The molecule has 8 heteroatoms. The molecule has 3 rings (SSSR count). The number of hydrogen-bond acceptors (Lipinski definition) is 3. The number of fused-ring (bicyclic) bond motifs is 4. The van der Waals surface area contributed by atoms with Gasteiger partial charge >= 0.3 is 0 Å². The average molecular weight is 393 g/mol. The minimum absolute atomic E-state index is 0.0351. The molecule has 0 unspecified atom stereocenters. The summed E-state index contributed by atoms with van der Waals surface area (Å²) in [7, 11) is 0. The first-order valence-electron chi connectivity index (χ1n) is 8.09. The van der Waals surface area contributed by atoms with Crippen molar-refractivity contribution in [3.8, 4) is 0 Å². The molecule has 2 aliphatic heterocycles. The molecule has 3 heterocycles. The smallest absolute Gasteiger partial charge is 0.250 e. The minimum Gasteiger partial charge on any atom is -0.337 e. The van der Waals surface area contributed by atoms with E-state index in [1.165, 1.54) is 0 Å². The largest absolute Gasteiger partial charge is 0.337 e. The number of pyridine rings is 1. The maximum Gasteiger partial charge on any atom is 0.250 e. The lowest BCUT2D eigenvalue weighted by molar-refractivity contribution is -0.123. The summed E-state index contributed by atoms with van der Waals surface area (Å²) in [6.07, 6.45) is 0.659. The molecule has 0 aromatic carbocycles. The van der Waals surface area contributed by atoms with Crippen LogP contribution in [0.2, 0.25) is 0 Å². The Hall–Kier alpha value is -0.750. The van der Waals surface area contributed by atoms with Crippen LogP contribution in [0.5, 0.6) is 0 Å². The zero-order valence-corrected chi connectivity index (χ0v) is 15.6. The Morgan fingerprint density at radius 1 is 1.33 bits per heavy atom. The third kappa shape index (κ3) is 3.59. The lowest BCUT2D eigenvalue weighted by Crippen LogP contribution is -2.60. The first-order valence-corrected chi connectivity index (χ1v) is 9.23. The van der Waals surface area contributed by atoms with Crippen molar-refractivity contribution in [3.63, 3.8) is 0 Å². The number of likely N-dealkylation sites (tertiary alicyclic amines) is 1. The second-order valence-electron chi connectivity index (χ2n) is 6.52. The summed E-state index contributed by atoms with van der Waals surface area (Å²) < 4.78 is 0.234.